The number of anilines is 1. The van der Waals surface area contributed by atoms with Crippen LogP contribution in [0.3, 0.4) is 0 Å². The lowest BCUT2D eigenvalue weighted by Gasteiger charge is -2.18. The molecule has 0 atom stereocenters. The van der Waals surface area contributed by atoms with Crippen molar-refractivity contribution in [2.24, 2.45) is 0 Å². The zero-order valence-corrected chi connectivity index (χ0v) is 20.3. The van der Waals surface area contributed by atoms with Crippen LogP contribution >= 0.6 is 35.6 Å². The van der Waals surface area contributed by atoms with Gasteiger partial charge in [-0.3, -0.25) is 9.69 Å². The van der Waals surface area contributed by atoms with Crippen LogP contribution in [0.25, 0.3) is 6.08 Å². The van der Waals surface area contributed by atoms with E-state index in [2.05, 4.69) is 0 Å². The molecule has 0 saturated carbocycles. The first kappa shape index (κ1) is 23.2. The molecular weight excluding hydrogens is 478 g/mol. The van der Waals surface area contributed by atoms with E-state index in [4.69, 9.17) is 38.0 Å². The van der Waals surface area contributed by atoms with E-state index in [0.717, 1.165) is 11.1 Å². The van der Waals surface area contributed by atoms with Crippen LogP contribution in [-0.2, 0) is 11.4 Å². The van der Waals surface area contributed by atoms with Crippen LogP contribution in [0, 0.1) is 0 Å². The van der Waals surface area contributed by atoms with E-state index in [1.165, 1.54) is 16.7 Å². The molecule has 0 spiro atoms. The van der Waals surface area contributed by atoms with Gasteiger partial charge in [-0.1, -0.05) is 59.8 Å². The number of hydrogen-bond donors (Lipinski definition) is 0. The third-order valence-electron chi connectivity index (χ3n) is 4.90. The Balaban J connectivity index is 1.53. The number of amides is 1. The minimum Gasteiger partial charge on any atom is -0.497 e. The molecule has 0 radical (unpaired) electrons. The largest absolute Gasteiger partial charge is 0.497 e. The number of ether oxygens (including phenoxy) is 3. The predicted octanol–water partition coefficient (Wildman–Crippen LogP) is 6.34. The first-order chi connectivity index (χ1) is 16.0. The second-order valence-corrected chi connectivity index (χ2v) is 9.15. The average Bonchev–Trinajstić information content (AvgIpc) is 3.10. The average molecular weight is 498 g/mol. The van der Waals surface area contributed by atoms with Crippen LogP contribution in [0.5, 0.6) is 17.2 Å². The van der Waals surface area contributed by atoms with E-state index in [-0.39, 0.29) is 5.91 Å². The maximum atomic E-state index is 13.2. The van der Waals surface area contributed by atoms with Crippen LogP contribution in [0.1, 0.15) is 11.1 Å². The highest BCUT2D eigenvalue weighted by Crippen LogP contribution is 2.41. The third-order valence-corrected chi connectivity index (χ3v) is 6.45. The number of carbonyl (C=O) groups is 1. The van der Waals surface area contributed by atoms with Gasteiger partial charge in [0.2, 0.25) is 0 Å². The number of methoxy groups -OCH3 is 2. The van der Waals surface area contributed by atoms with Gasteiger partial charge in [-0.2, -0.15) is 0 Å². The van der Waals surface area contributed by atoms with Crippen molar-refractivity contribution in [2.45, 2.75) is 6.61 Å². The molecule has 33 heavy (non-hydrogen) atoms. The molecular formula is C25H20ClNO4S2. The van der Waals surface area contributed by atoms with Crippen molar-refractivity contribution < 1.29 is 19.0 Å². The zero-order valence-electron chi connectivity index (χ0n) is 17.9. The minimum absolute atomic E-state index is 0.207. The predicted molar refractivity (Wildman–Crippen MR) is 137 cm³/mol. The molecule has 1 fully saturated rings. The highest BCUT2D eigenvalue weighted by Gasteiger charge is 2.35. The maximum absolute atomic E-state index is 13.2. The summed E-state index contributed by atoms with van der Waals surface area (Å²) in [7, 11) is 3.12. The highest BCUT2D eigenvalue weighted by molar-refractivity contribution is 8.27. The second kappa shape index (κ2) is 10.3. The Labute approximate surface area is 206 Å². The van der Waals surface area contributed by atoms with Gasteiger partial charge in [-0.05, 0) is 53.6 Å². The van der Waals surface area contributed by atoms with Crippen LogP contribution in [-0.4, -0.2) is 24.4 Å². The topological polar surface area (TPSA) is 48.0 Å². The normalized spacial score (nSPS) is 14.6. The fourth-order valence-corrected chi connectivity index (χ4v) is 4.65. The summed E-state index contributed by atoms with van der Waals surface area (Å²) in [4.78, 5) is 15.2. The van der Waals surface area contributed by atoms with Gasteiger partial charge in [0.25, 0.3) is 5.91 Å². The van der Waals surface area contributed by atoms with Crippen LogP contribution in [0.2, 0.25) is 5.02 Å². The summed E-state index contributed by atoms with van der Waals surface area (Å²) in [6.07, 6.45) is 1.81. The van der Waals surface area contributed by atoms with E-state index in [1.54, 1.807) is 32.4 Å². The molecule has 8 heteroatoms. The first-order valence-corrected chi connectivity index (χ1v) is 11.6. The van der Waals surface area contributed by atoms with Gasteiger partial charge in [0.1, 0.15) is 23.9 Å². The molecule has 1 aliphatic rings. The lowest BCUT2D eigenvalue weighted by molar-refractivity contribution is -0.113. The summed E-state index contributed by atoms with van der Waals surface area (Å²) in [5.74, 6) is 1.63. The Morgan fingerprint density at radius 2 is 1.79 bits per heavy atom. The van der Waals surface area contributed by atoms with E-state index in [9.17, 15) is 4.79 Å². The standard InChI is InChI=1S/C25H20ClNO4S2/c1-29-19-10-11-21(22(14-19)30-2)27-24(28)23(33-25(27)32)13-17-4-3-5-20(12-17)31-15-16-6-8-18(26)9-7-16/h3-14H,15H2,1-2H3. The summed E-state index contributed by atoms with van der Waals surface area (Å²) >= 11 is 12.7. The number of halogens is 1. The number of benzene rings is 3. The molecule has 0 aliphatic carbocycles. The SMILES string of the molecule is COc1ccc(N2C(=O)C(=Cc3cccc(OCc4ccc(Cl)cc4)c3)SC2=S)c(OC)c1. The van der Waals surface area contributed by atoms with Gasteiger partial charge in [0.15, 0.2) is 4.32 Å². The monoisotopic (exact) mass is 497 g/mol. The van der Waals surface area contributed by atoms with Crippen LogP contribution in [0.4, 0.5) is 5.69 Å². The number of nitrogens with zero attached hydrogens (tertiary/aromatic N) is 1. The van der Waals surface area contributed by atoms with Crippen molar-refractivity contribution in [3.8, 4) is 17.2 Å². The molecule has 3 aromatic carbocycles. The molecule has 3 aromatic rings. The van der Waals surface area contributed by atoms with Gasteiger partial charge in [0, 0.05) is 11.1 Å². The van der Waals surface area contributed by atoms with Crippen LogP contribution < -0.4 is 19.1 Å². The quantitative estimate of drug-likeness (QED) is 0.280. The lowest BCUT2D eigenvalue weighted by Crippen LogP contribution is -2.27. The van der Waals surface area contributed by atoms with Gasteiger partial charge < -0.3 is 14.2 Å². The number of rotatable bonds is 7. The molecule has 1 heterocycles. The van der Waals surface area contributed by atoms with Gasteiger partial charge >= 0.3 is 0 Å². The van der Waals surface area contributed by atoms with Gasteiger partial charge in [0.05, 0.1) is 24.8 Å². The zero-order chi connectivity index (χ0) is 23.4. The lowest BCUT2D eigenvalue weighted by atomic mass is 10.2. The molecule has 0 aromatic heterocycles. The summed E-state index contributed by atoms with van der Waals surface area (Å²) in [5.41, 5.74) is 2.43. The van der Waals surface area contributed by atoms with Crippen LogP contribution in [0.15, 0.2) is 71.6 Å². The first-order valence-electron chi connectivity index (χ1n) is 9.96. The van der Waals surface area contributed by atoms with Crippen molar-refractivity contribution >= 4 is 57.6 Å². The van der Waals surface area contributed by atoms with Crippen molar-refractivity contribution in [3.05, 3.63) is 87.8 Å². The fraction of sp³-hybridized carbons (Fsp3) is 0.120. The smallest absolute Gasteiger partial charge is 0.270 e. The molecule has 1 amide bonds. The van der Waals surface area contributed by atoms with Crippen molar-refractivity contribution in [3.63, 3.8) is 0 Å². The highest BCUT2D eigenvalue weighted by atomic mass is 35.5. The minimum atomic E-state index is -0.207. The Bertz CT molecular complexity index is 1230. The van der Waals surface area contributed by atoms with Gasteiger partial charge in [-0.15, -0.1) is 0 Å². The van der Waals surface area contributed by atoms with Crippen molar-refractivity contribution in [1.29, 1.82) is 0 Å². The van der Waals surface area contributed by atoms with Gasteiger partial charge in [-0.25, -0.2) is 0 Å². The van der Waals surface area contributed by atoms with Crippen molar-refractivity contribution in [1.82, 2.24) is 0 Å². The number of thiocarbonyl (C=S) groups is 1. The summed E-state index contributed by atoms with van der Waals surface area (Å²) < 4.78 is 17.0. The van der Waals surface area contributed by atoms with Crippen molar-refractivity contribution in [2.75, 3.05) is 19.1 Å². The molecule has 168 valence electrons. The molecule has 0 N–H and O–H groups in total. The second-order valence-electron chi connectivity index (χ2n) is 7.04. The van der Waals surface area contributed by atoms with E-state index < -0.39 is 0 Å². The number of carbonyl (C=O) groups excluding carboxylic acids is 1. The number of thioether (sulfide) groups is 1. The van der Waals surface area contributed by atoms with E-state index >= 15 is 0 Å². The summed E-state index contributed by atoms with van der Waals surface area (Å²) in [6, 6.07) is 20.3. The molecule has 0 unspecified atom stereocenters. The Morgan fingerprint density at radius 1 is 1.00 bits per heavy atom. The Hall–Kier alpha value is -3.00. The van der Waals surface area contributed by atoms with E-state index in [0.29, 0.717) is 43.8 Å². The maximum Gasteiger partial charge on any atom is 0.270 e. The van der Waals surface area contributed by atoms with E-state index in [1.807, 2.05) is 54.6 Å². The molecule has 1 saturated heterocycles. The Morgan fingerprint density at radius 3 is 2.52 bits per heavy atom. The molecule has 0 bridgehead atoms. The fourth-order valence-electron chi connectivity index (χ4n) is 3.24. The number of hydrogen-bond acceptors (Lipinski definition) is 6. The summed E-state index contributed by atoms with van der Waals surface area (Å²) in [5, 5.41) is 0.685. The summed E-state index contributed by atoms with van der Waals surface area (Å²) in [6.45, 7) is 0.417. The molecule has 1 aliphatic heterocycles. The molecule has 4 rings (SSSR count). The molecule has 5 nitrogen and oxygen atoms in total. The third kappa shape index (κ3) is 5.33. The Kier molecular flexibility index (Phi) is 7.23.